The summed E-state index contributed by atoms with van der Waals surface area (Å²) in [6, 6.07) is 6.88. The predicted molar refractivity (Wildman–Crippen MR) is 125 cm³/mol. The Hall–Kier alpha value is -3.34. The summed E-state index contributed by atoms with van der Waals surface area (Å²) in [7, 11) is 1.40. The first-order valence-corrected chi connectivity index (χ1v) is 10.4. The highest BCUT2D eigenvalue weighted by molar-refractivity contribution is 5.91. The minimum absolute atomic E-state index is 0. The molecule has 3 rings (SSSR count). The summed E-state index contributed by atoms with van der Waals surface area (Å²) >= 11 is 0. The van der Waals surface area contributed by atoms with Crippen LogP contribution in [0.25, 0.3) is 11.1 Å². The van der Waals surface area contributed by atoms with Crippen LogP contribution in [0.5, 0.6) is 5.75 Å². The molecule has 0 spiro atoms. The number of pyridine rings is 1. The van der Waals surface area contributed by atoms with Gasteiger partial charge in [-0.05, 0) is 44.0 Å². The lowest BCUT2D eigenvalue weighted by molar-refractivity contribution is -0.181. The highest BCUT2D eigenvalue weighted by atomic mass is 35.5. The number of ether oxygens (including phenoxy) is 1. The summed E-state index contributed by atoms with van der Waals surface area (Å²) in [5, 5.41) is 6.35. The summed E-state index contributed by atoms with van der Waals surface area (Å²) in [5.74, 6) is -1.10. The van der Waals surface area contributed by atoms with E-state index in [1.54, 1.807) is 13.0 Å². The fourth-order valence-electron chi connectivity index (χ4n) is 3.16. The van der Waals surface area contributed by atoms with E-state index < -0.39 is 28.9 Å². The summed E-state index contributed by atoms with van der Waals surface area (Å²) in [5.41, 5.74) is -1.79. The molecule has 0 saturated heterocycles. The SMILES string of the molecule is CCOc1cc(-c2ccc(CC(=O)Nc3cc(C(C)(C)C(F)(F)F)nn3C)c(F)c2)c[nH]c1=O.Cl. The zero-order valence-electron chi connectivity index (χ0n) is 19.4. The molecule has 0 aliphatic rings. The van der Waals surface area contributed by atoms with Gasteiger partial charge in [0, 0.05) is 24.9 Å². The number of amides is 1. The Labute approximate surface area is 204 Å². The Bertz CT molecular complexity index is 1270. The van der Waals surface area contributed by atoms with Crippen molar-refractivity contribution in [3.63, 3.8) is 0 Å². The molecule has 1 amide bonds. The number of carbonyl (C=O) groups is 1. The number of H-pyrrole nitrogens is 1. The van der Waals surface area contributed by atoms with Crippen molar-refractivity contribution >= 4 is 24.1 Å². The number of hydrogen-bond acceptors (Lipinski definition) is 4. The minimum Gasteiger partial charge on any atom is -0.488 e. The quantitative estimate of drug-likeness (QED) is 0.443. The second-order valence-electron chi connectivity index (χ2n) is 8.21. The van der Waals surface area contributed by atoms with Crippen molar-refractivity contribution < 1.29 is 27.1 Å². The van der Waals surface area contributed by atoms with E-state index in [0.717, 1.165) is 24.6 Å². The lowest BCUT2D eigenvalue weighted by atomic mass is 9.89. The van der Waals surface area contributed by atoms with Gasteiger partial charge in [-0.1, -0.05) is 12.1 Å². The van der Waals surface area contributed by atoms with Gasteiger partial charge in [-0.3, -0.25) is 14.3 Å². The summed E-state index contributed by atoms with van der Waals surface area (Å²) in [6.07, 6.45) is -3.44. The number of anilines is 1. The second kappa shape index (κ2) is 10.5. The van der Waals surface area contributed by atoms with Gasteiger partial charge in [0.2, 0.25) is 5.91 Å². The van der Waals surface area contributed by atoms with Gasteiger partial charge in [-0.15, -0.1) is 12.4 Å². The number of carbonyl (C=O) groups excluding carboxylic acids is 1. The first-order valence-electron chi connectivity index (χ1n) is 10.4. The normalized spacial score (nSPS) is 11.7. The molecule has 0 unspecified atom stereocenters. The molecular formula is C23H25ClF4N4O3. The van der Waals surface area contributed by atoms with Gasteiger partial charge in [-0.25, -0.2) is 4.39 Å². The summed E-state index contributed by atoms with van der Waals surface area (Å²) in [4.78, 5) is 26.7. The molecule has 35 heavy (non-hydrogen) atoms. The minimum atomic E-state index is -4.53. The molecule has 1 aromatic carbocycles. The molecule has 12 heteroatoms. The summed E-state index contributed by atoms with van der Waals surface area (Å²) in [6.45, 7) is 4.02. The van der Waals surface area contributed by atoms with Crippen molar-refractivity contribution in [2.24, 2.45) is 7.05 Å². The van der Waals surface area contributed by atoms with Crippen LogP contribution in [0.1, 0.15) is 32.0 Å². The zero-order valence-corrected chi connectivity index (χ0v) is 20.2. The van der Waals surface area contributed by atoms with E-state index in [1.807, 2.05) is 0 Å². The van der Waals surface area contributed by atoms with E-state index in [1.165, 1.54) is 31.4 Å². The third kappa shape index (κ3) is 6.02. The molecule has 2 heterocycles. The number of aromatic amines is 1. The Morgan fingerprint density at radius 1 is 1.17 bits per heavy atom. The third-order valence-corrected chi connectivity index (χ3v) is 5.40. The van der Waals surface area contributed by atoms with Gasteiger partial charge in [0.1, 0.15) is 17.1 Å². The number of benzene rings is 1. The number of rotatable bonds is 7. The van der Waals surface area contributed by atoms with E-state index in [9.17, 15) is 27.2 Å². The standard InChI is InChI=1S/C23H24F4N4O3.ClH/c1-5-34-17-9-15(12-28-21(17)33)13-6-7-14(16(24)8-13)10-20(32)29-19-11-18(30-31(19)4)22(2,3)23(25,26)27;/h6-9,11-12H,5,10H2,1-4H3,(H,28,33)(H,29,32);1H. The zero-order chi connectivity index (χ0) is 25.3. The molecule has 0 radical (unpaired) electrons. The van der Waals surface area contributed by atoms with Crippen LogP contribution in [0.3, 0.4) is 0 Å². The monoisotopic (exact) mass is 516 g/mol. The van der Waals surface area contributed by atoms with Gasteiger partial charge in [0.25, 0.3) is 5.56 Å². The lowest BCUT2D eigenvalue weighted by Crippen LogP contribution is -2.36. The van der Waals surface area contributed by atoms with Crippen LogP contribution in [0.4, 0.5) is 23.4 Å². The Balaban J connectivity index is 0.00000432. The number of aryl methyl sites for hydroxylation is 1. The first-order chi connectivity index (χ1) is 15.8. The molecule has 0 bridgehead atoms. The molecule has 190 valence electrons. The predicted octanol–water partition coefficient (Wildman–Crippen LogP) is 4.76. The maximum absolute atomic E-state index is 14.7. The fourth-order valence-corrected chi connectivity index (χ4v) is 3.16. The molecule has 2 aromatic heterocycles. The van der Waals surface area contributed by atoms with Crippen molar-refractivity contribution in [2.45, 2.75) is 38.8 Å². The number of hydrogen-bond donors (Lipinski definition) is 2. The number of halogens is 5. The number of nitrogens with zero attached hydrogens (tertiary/aromatic N) is 2. The van der Waals surface area contributed by atoms with Crippen molar-refractivity contribution in [3.05, 3.63) is 64.0 Å². The first kappa shape index (κ1) is 27.9. The van der Waals surface area contributed by atoms with Crippen LogP contribution in [-0.2, 0) is 23.7 Å². The maximum Gasteiger partial charge on any atom is 0.399 e. The highest BCUT2D eigenvalue weighted by Gasteiger charge is 2.50. The van der Waals surface area contributed by atoms with Crippen LogP contribution >= 0.6 is 12.4 Å². The van der Waals surface area contributed by atoms with Gasteiger partial charge < -0.3 is 15.0 Å². The average Bonchev–Trinajstić information content (AvgIpc) is 3.11. The smallest absolute Gasteiger partial charge is 0.399 e. The van der Waals surface area contributed by atoms with Crippen LogP contribution in [0.15, 0.2) is 41.3 Å². The fraction of sp³-hybridized carbons (Fsp3) is 0.348. The van der Waals surface area contributed by atoms with E-state index in [0.29, 0.717) is 17.7 Å². The number of aromatic nitrogens is 3. The van der Waals surface area contributed by atoms with E-state index >= 15 is 0 Å². The van der Waals surface area contributed by atoms with Crippen LogP contribution in [0, 0.1) is 5.82 Å². The molecular weight excluding hydrogens is 492 g/mol. The highest BCUT2D eigenvalue weighted by Crippen LogP contribution is 2.40. The number of nitrogens with one attached hydrogen (secondary N) is 2. The van der Waals surface area contributed by atoms with Crippen molar-refractivity contribution in [1.82, 2.24) is 14.8 Å². The van der Waals surface area contributed by atoms with E-state index in [-0.39, 0.29) is 41.7 Å². The Morgan fingerprint density at radius 3 is 2.46 bits per heavy atom. The van der Waals surface area contributed by atoms with E-state index in [2.05, 4.69) is 15.4 Å². The van der Waals surface area contributed by atoms with Gasteiger partial charge in [0.05, 0.1) is 18.7 Å². The van der Waals surface area contributed by atoms with Crippen LogP contribution in [0.2, 0.25) is 0 Å². The topological polar surface area (TPSA) is 89.0 Å². The average molecular weight is 517 g/mol. The molecule has 0 atom stereocenters. The van der Waals surface area contributed by atoms with Crippen molar-refractivity contribution in [2.75, 3.05) is 11.9 Å². The van der Waals surface area contributed by atoms with Crippen molar-refractivity contribution in [3.8, 4) is 16.9 Å². The maximum atomic E-state index is 14.7. The van der Waals surface area contributed by atoms with Gasteiger partial charge in [-0.2, -0.15) is 18.3 Å². The molecule has 0 aliphatic carbocycles. The van der Waals surface area contributed by atoms with Gasteiger partial charge in [0.15, 0.2) is 5.75 Å². The molecule has 7 nitrogen and oxygen atoms in total. The number of alkyl halides is 3. The molecule has 0 fully saturated rings. The second-order valence-corrected chi connectivity index (χ2v) is 8.21. The van der Waals surface area contributed by atoms with E-state index in [4.69, 9.17) is 4.74 Å². The molecule has 2 N–H and O–H groups in total. The Morgan fingerprint density at radius 2 is 1.86 bits per heavy atom. The van der Waals surface area contributed by atoms with Gasteiger partial charge >= 0.3 is 6.18 Å². The third-order valence-electron chi connectivity index (χ3n) is 5.40. The Kier molecular flexibility index (Phi) is 8.38. The summed E-state index contributed by atoms with van der Waals surface area (Å²) < 4.78 is 61.0. The largest absolute Gasteiger partial charge is 0.488 e. The van der Waals surface area contributed by atoms with Crippen LogP contribution in [-0.4, -0.2) is 33.5 Å². The van der Waals surface area contributed by atoms with Crippen molar-refractivity contribution in [1.29, 1.82) is 0 Å². The molecule has 0 aliphatic heterocycles. The van der Waals surface area contributed by atoms with Crippen LogP contribution < -0.4 is 15.6 Å². The molecule has 3 aromatic rings. The lowest BCUT2D eigenvalue weighted by Gasteiger charge is -2.25. The molecule has 0 saturated carbocycles.